The van der Waals surface area contributed by atoms with Gasteiger partial charge in [0.25, 0.3) is 0 Å². The molecule has 0 radical (unpaired) electrons. The molecule has 0 rings (SSSR count). The summed E-state index contributed by atoms with van der Waals surface area (Å²) in [6, 6.07) is 0. The highest BCUT2D eigenvalue weighted by atomic mass is 16.3. The molecule has 0 aliphatic heterocycles. The molecule has 0 aromatic carbocycles. The number of carbonyl (C=O) groups is 2. The van der Waals surface area contributed by atoms with Crippen molar-refractivity contribution in [2.75, 3.05) is 0 Å². The summed E-state index contributed by atoms with van der Waals surface area (Å²) in [6.45, 7) is 4.61. The summed E-state index contributed by atoms with van der Waals surface area (Å²) in [5.41, 5.74) is 0. The van der Waals surface area contributed by atoms with E-state index >= 15 is 0 Å². The van der Waals surface area contributed by atoms with Gasteiger partial charge in [-0.1, -0.05) is 13.8 Å². The molecular formula is C8H12O3. The van der Waals surface area contributed by atoms with Crippen LogP contribution in [0.3, 0.4) is 0 Å². The average Bonchev–Trinajstić information content (AvgIpc) is 1.87. The Morgan fingerprint density at radius 2 is 1.82 bits per heavy atom. The zero-order valence-corrected chi connectivity index (χ0v) is 6.92. The van der Waals surface area contributed by atoms with Crippen LogP contribution in [0.25, 0.3) is 0 Å². The number of aliphatic hydroxyl groups is 1. The van der Waals surface area contributed by atoms with Gasteiger partial charge in [-0.15, -0.1) is 0 Å². The van der Waals surface area contributed by atoms with Crippen molar-refractivity contribution in [2.45, 2.75) is 20.8 Å². The number of aliphatic hydroxyl groups excluding tert-OH is 1. The van der Waals surface area contributed by atoms with Crippen molar-refractivity contribution in [1.82, 2.24) is 0 Å². The number of hydrogen-bond acceptors (Lipinski definition) is 3. The van der Waals surface area contributed by atoms with Crippen molar-refractivity contribution >= 4 is 11.6 Å². The second kappa shape index (κ2) is 3.91. The van der Waals surface area contributed by atoms with E-state index in [0.29, 0.717) is 0 Å². The third-order valence-electron chi connectivity index (χ3n) is 1.21. The zero-order chi connectivity index (χ0) is 9.02. The van der Waals surface area contributed by atoms with Gasteiger partial charge in [-0.25, -0.2) is 0 Å². The minimum atomic E-state index is -0.487. The first-order chi connectivity index (χ1) is 4.95. The van der Waals surface area contributed by atoms with Crippen LogP contribution in [0.2, 0.25) is 0 Å². The summed E-state index contributed by atoms with van der Waals surface area (Å²) in [6.07, 6.45) is 0.965. The second-order valence-corrected chi connectivity index (χ2v) is 2.64. The van der Waals surface area contributed by atoms with Gasteiger partial charge in [-0.3, -0.25) is 9.59 Å². The number of rotatable bonds is 3. The molecule has 0 heterocycles. The molecule has 0 fully saturated rings. The molecule has 62 valence electrons. The van der Waals surface area contributed by atoms with Gasteiger partial charge in [0.2, 0.25) is 0 Å². The SMILES string of the molecule is CC(=O)C(O)=CC(=O)C(C)C. The van der Waals surface area contributed by atoms with Crippen LogP contribution in [0.4, 0.5) is 0 Å². The minimum Gasteiger partial charge on any atom is -0.504 e. The highest BCUT2D eigenvalue weighted by Crippen LogP contribution is 1.98. The Morgan fingerprint density at radius 3 is 2.09 bits per heavy atom. The van der Waals surface area contributed by atoms with Crippen molar-refractivity contribution < 1.29 is 14.7 Å². The Labute approximate surface area is 65.7 Å². The maximum atomic E-state index is 10.9. The number of hydrogen-bond donors (Lipinski definition) is 1. The van der Waals surface area contributed by atoms with Gasteiger partial charge in [-0.2, -0.15) is 0 Å². The molecule has 0 aromatic heterocycles. The van der Waals surface area contributed by atoms with Crippen LogP contribution in [0, 0.1) is 5.92 Å². The highest BCUT2D eigenvalue weighted by Gasteiger charge is 2.07. The molecule has 1 N–H and O–H groups in total. The highest BCUT2D eigenvalue weighted by molar-refractivity contribution is 6.00. The maximum Gasteiger partial charge on any atom is 0.194 e. The van der Waals surface area contributed by atoms with Crippen LogP contribution in [-0.2, 0) is 9.59 Å². The van der Waals surface area contributed by atoms with E-state index in [1.54, 1.807) is 13.8 Å². The van der Waals surface area contributed by atoms with Crippen LogP contribution in [-0.4, -0.2) is 16.7 Å². The minimum absolute atomic E-state index is 0.184. The van der Waals surface area contributed by atoms with Crippen LogP contribution in [0.5, 0.6) is 0 Å². The third kappa shape index (κ3) is 3.55. The van der Waals surface area contributed by atoms with Crippen molar-refractivity contribution in [2.24, 2.45) is 5.92 Å². The van der Waals surface area contributed by atoms with Gasteiger partial charge in [0.1, 0.15) is 0 Å². The normalized spacial score (nSPS) is 11.8. The summed E-state index contributed by atoms with van der Waals surface area (Å²) >= 11 is 0. The molecule has 11 heavy (non-hydrogen) atoms. The summed E-state index contributed by atoms with van der Waals surface area (Å²) in [4.78, 5) is 21.3. The molecule has 0 bridgehead atoms. The zero-order valence-electron chi connectivity index (χ0n) is 6.92. The van der Waals surface area contributed by atoms with E-state index in [2.05, 4.69) is 0 Å². The van der Waals surface area contributed by atoms with Crippen LogP contribution < -0.4 is 0 Å². The van der Waals surface area contributed by atoms with Crippen LogP contribution in [0.15, 0.2) is 11.8 Å². The molecule has 0 atom stereocenters. The number of carbonyl (C=O) groups excluding carboxylic acids is 2. The van der Waals surface area contributed by atoms with E-state index in [4.69, 9.17) is 5.11 Å². The van der Waals surface area contributed by atoms with E-state index in [1.165, 1.54) is 6.92 Å². The topological polar surface area (TPSA) is 54.4 Å². The average molecular weight is 156 g/mol. The maximum absolute atomic E-state index is 10.9. The smallest absolute Gasteiger partial charge is 0.194 e. The van der Waals surface area contributed by atoms with Crippen molar-refractivity contribution in [3.05, 3.63) is 11.8 Å². The molecule has 0 unspecified atom stereocenters. The van der Waals surface area contributed by atoms with Crippen LogP contribution in [0.1, 0.15) is 20.8 Å². The fourth-order valence-corrected chi connectivity index (χ4v) is 0.403. The lowest BCUT2D eigenvalue weighted by molar-refractivity contribution is -0.119. The Hall–Kier alpha value is -1.12. The number of Topliss-reactive ketones (excluding diaryl/α,β-unsaturated/α-hetero) is 1. The summed E-state index contributed by atoms with van der Waals surface area (Å²) in [7, 11) is 0. The van der Waals surface area contributed by atoms with Crippen molar-refractivity contribution in [3.8, 4) is 0 Å². The molecule has 0 aliphatic carbocycles. The second-order valence-electron chi connectivity index (χ2n) is 2.64. The van der Waals surface area contributed by atoms with E-state index in [-0.39, 0.29) is 11.7 Å². The Balaban J connectivity index is 4.32. The van der Waals surface area contributed by atoms with Crippen molar-refractivity contribution in [3.63, 3.8) is 0 Å². The molecule has 0 spiro atoms. The van der Waals surface area contributed by atoms with Gasteiger partial charge >= 0.3 is 0 Å². The molecule has 0 saturated heterocycles. The molecular weight excluding hydrogens is 144 g/mol. The summed E-state index contributed by atoms with van der Waals surface area (Å²) in [5.74, 6) is -1.38. The lowest BCUT2D eigenvalue weighted by Crippen LogP contribution is -2.06. The first-order valence-electron chi connectivity index (χ1n) is 3.40. The Morgan fingerprint density at radius 1 is 1.36 bits per heavy atom. The van der Waals surface area contributed by atoms with E-state index < -0.39 is 11.5 Å². The third-order valence-corrected chi connectivity index (χ3v) is 1.21. The van der Waals surface area contributed by atoms with E-state index in [0.717, 1.165) is 6.08 Å². The molecule has 3 heteroatoms. The largest absolute Gasteiger partial charge is 0.504 e. The summed E-state index contributed by atoms with van der Waals surface area (Å²) < 4.78 is 0. The Bertz CT molecular complexity index is 201. The number of allylic oxidation sites excluding steroid dienone is 2. The first kappa shape index (κ1) is 9.88. The number of ketones is 2. The van der Waals surface area contributed by atoms with Crippen molar-refractivity contribution in [1.29, 1.82) is 0 Å². The van der Waals surface area contributed by atoms with Gasteiger partial charge in [0.05, 0.1) is 0 Å². The molecule has 0 aromatic rings. The standard InChI is InChI=1S/C8H12O3/c1-5(2)7(10)4-8(11)6(3)9/h4-5,11H,1-3H3. The van der Waals surface area contributed by atoms with Gasteiger partial charge in [0, 0.05) is 18.9 Å². The molecule has 3 nitrogen and oxygen atoms in total. The lowest BCUT2D eigenvalue weighted by atomic mass is 10.1. The van der Waals surface area contributed by atoms with Gasteiger partial charge in [0.15, 0.2) is 17.3 Å². The predicted molar refractivity (Wildman–Crippen MR) is 41.2 cm³/mol. The monoisotopic (exact) mass is 156 g/mol. The predicted octanol–water partition coefficient (Wildman–Crippen LogP) is 1.24. The van der Waals surface area contributed by atoms with E-state index in [1.807, 2.05) is 0 Å². The quantitative estimate of drug-likeness (QED) is 0.494. The fourth-order valence-electron chi connectivity index (χ4n) is 0.403. The summed E-state index contributed by atoms with van der Waals surface area (Å²) in [5, 5.41) is 8.84. The van der Waals surface area contributed by atoms with Gasteiger partial charge < -0.3 is 5.11 Å². The fraction of sp³-hybridized carbons (Fsp3) is 0.500. The van der Waals surface area contributed by atoms with E-state index in [9.17, 15) is 9.59 Å². The van der Waals surface area contributed by atoms with Crippen LogP contribution >= 0.6 is 0 Å². The lowest BCUT2D eigenvalue weighted by Gasteiger charge is -1.97. The molecule has 0 aliphatic rings. The Kier molecular flexibility index (Phi) is 3.51. The molecule has 0 saturated carbocycles. The van der Waals surface area contributed by atoms with Gasteiger partial charge in [-0.05, 0) is 0 Å². The molecule has 0 amide bonds. The first-order valence-corrected chi connectivity index (χ1v) is 3.40.